The van der Waals surface area contributed by atoms with Gasteiger partial charge in [0, 0.05) is 34.7 Å². The van der Waals surface area contributed by atoms with Gasteiger partial charge >= 0.3 is 0 Å². The molecule has 0 bridgehead atoms. The standard InChI is InChI=1S/C21H22BrClN2O2/c1-14-4-6-15(7-5-14)21(27)25-10-2-3-17(13-25)20(26)24-12-16-8-9-18(22)11-19(16)23/h4-9,11,17H,2-3,10,12-13H2,1H3,(H,24,26). The average molecular weight is 450 g/mol. The molecule has 1 aliphatic rings. The zero-order valence-corrected chi connectivity index (χ0v) is 17.5. The van der Waals surface area contributed by atoms with Gasteiger partial charge in [-0.25, -0.2) is 0 Å². The van der Waals surface area contributed by atoms with Crippen LogP contribution in [0.4, 0.5) is 0 Å². The van der Waals surface area contributed by atoms with Crippen LogP contribution < -0.4 is 5.32 Å². The van der Waals surface area contributed by atoms with Gasteiger partial charge in [0.1, 0.15) is 0 Å². The highest BCUT2D eigenvalue weighted by Gasteiger charge is 2.28. The van der Waals surface area contributed by atoms with Crippen LogP contribution in [0.5, 0.6) is 0 Å². The van der Waals surface area contributed by atoms with E-state index in [1.807, 2.05) is 49.4 Å². The van der Waals surface area contributed by atoms with Crippen LogP contribution in [0.1, 0.15) is 34.3 Å². The smallest absolute Gasteiger partial charge is 0.253 e. The Hall–Kier alpha value is -1.85. The lowest BCUT2D eigenvalue weighted by molar-refractivity contribution is -0.126. The highest BCUT2D eigenvalue weighted by Crippen LogP contribution is 2.22. The average Bonchev–Trinajstić information content (AvgIpc) is 2.67. The third kappa shape index (κ3) is 5.11. The summed E-state index contributed by atoms with van der Waals surface area (Å²) in [6.07, 6.45) is 1.62. The van der Waals surface area contributed by atoms with E-state index in [1.165, 1.54) is 0 Å². The molecular formula is C21H22BrClN2O2. The summed E-state index contributed by atoms with van der Waals surface area (Å²) in [6.45, 7) is 3.52. The quantitative estimate of drug-likeness (QED) is 0.743. The second kappa shape index (κ2) is 8.89. The largest absolute Gasteiger partial charge is 0.352 e. The molecule has 142 valence electrons. The number of nitrogens with zero attached hydrogens (tertiary/aromatic N) is 1. The van der Waals surface area contributed by atoms with Crippen molar-refractivity contribution in [1.82, 2.24) is 10.2 Å². The SMILES string of the molecule is Cc1ccc(C(=O)N2CCCC(C(=O)NCc3ccc(Br)cc3Cl)C2)cc1. The molecule has 1 aliphatic heterocycles. The Kier molecular flexibility index (Phi) is 6.55. The summed E-state index contributed by atoms with van der Waals surface area (Å²) in [6, 6.07) is 13.2. The van der Waals surface area contributed by atoms with Gasteiger partial charge in [-0.2, -0.15) is 0 Å². The summed E-state index contributed by atoms with van der Waals surface area (Å²) < 4.78 is 0.903. The number of aryl methyl sites for hydroxylation is 1. The molecule has 1 unspecified atom stereocenters. The Morgan fingerprint density at radius 1 is 1.22 bits per heavy atom. The summed E-state index contributed by atoms with van der Waals surface area (Å²) in [4.78, 5) is 27.1. The van der Waals surface area contributed by atoms with E-state index in [9.17, 15) is 9.59 Å². The zero-order chi connectivity index (χ0) is 19.4. The van der Waals surface area contributed by atoms with E-state index < -0.39 is 0 Å². The molecule has 1 N–H and O–H groups in total. The minimum Gasteiger partial charge on any atom is -0.352 e. The normalized spacial score (nSPS) is 16.9. The molecule has 0 radical (unpaired) electrons. The van der Waals surface area contributed by atoms with Gasteiger partial charge < -0.3 is 10.2 Å². The van der Waals surface area contributed by atoms with E-state index >= 15 is 0 Å². The van der Waals surface area contributed by atoms with Gasteiger partial charge in [-0.15, -0.1) is 0 Å². The van der Waals surface area contributed by atoms with Crippen LogP contribution in [-0.4, -0.2) is 29.8 Å². The number of hydrogen-bond donors (Lipinski definition) is 1. The maximum atomic E-state index is 12.7. The zero-order valence-electron chi connectivity index (χ0n) is 15.2. The second-order valence-electron chi connectivity index (χ2n) is 6.91. The molecule has 1 atom stereocenters. The highest BCUT2D eigenvalue weighted by atomic mass is 79.9. The lowest BCUT2D eigenvalue weighted by Crippen LogP contribution is -2.45. The summed E-state index contributed by atoms with van der Waals surface area (Å²) >= 11 is 9.58. The number of rotatable bonds is 4. The first-order valence-electron chi connectivity index (χ1n) is 9.01. The lowest BCUT2D eigenvalue weighted by atomic mass is 9.96. The number of benzene rings is 2. The fraction of sp³-hybridized carbons (Fsp3) is 0.333. The van der Waals surface area contributed by atoms with Crippen molar-refractivity contribution in [3.05, 3.63) is 68.7 Å². The predicted octanol–water partition coefficient (Wildman–Crippen LogP) is 4.58. The van der Waals surface area contributed by atoms with Crippen LogP contribution in [0, 0.1) is 12.8 Å². The highest BCUT2D eigenvalue weighted by molar-refractivity contribution is 9.10. The third-order valence-electron chi connectivity index (χ3n) is 4.85. The van der Waals surface area contributed by atoms with Gasteiger partial charge in [0.05, 0.1) is 5.92 Å². The second-order valence-corrected chi connectivity index (χ2v) is 8.23. The number of hydrogen-bond acceptors (Lipinski definition) is 2. The van der Waals surface area contributed by atoms with E-state index in [0.717, 1.165) is 28.4 Å². The third-order valence-corrected chi connectivity index (χ3v) is 5.69. The van der Waals surface area contributed by atoms with Crippen LogP contribution in [-0.2, 0) is 11.3 Å². The Labute approximate surface area is 173 Å². The monoisotopic (exact) mass is 448 g/mol. The Morgan fingerprint density at radius 2 is 1.96 bits per heavy atom. The molecule has 1 fully saturated rings. The van der Waals surface area contributed by atoms with Gasteiger partial charge in [-0.05, 0) is 49.6 Å². The van der Waals surface area contributed by atoms with E-state index in [1.54, 1.807) is 4.90 Å². The maximum Gasteiger partial charge on any atom is 0.253 e. The lowest BCUT2D eigenvalue weighted by Gasteiger charge is -2.32. The van der Waals surface area contributed by atoms with E-state index in [2.05, 4.69) is 21.2 Å². The molecule has 2 amide bonds. The van der Waals surface area contributed by atoms with E-state index in [-0.39, 0.29) is 17.7 Å². The molecule has 2 aromatic rings. The van der Waals surface area contributed by atoms with Crippen LogP contribution in [0.15, 0.2) is 46.9 Å². The summed E-state index contributed by atoms with van der Waals surface area (Å²) in [5.74, 6) is -0.235. The first-order chi connectivity index (χ1) is 12.9. The van der Waals surface area contributed by atoms with Gasteiger partial charge in [-0.1, -0.05) is 51.3 Å². The fourth-order valence-corrected chi connectivity index (χ4v) is 3.99. The minimum absolute atomic E-state index is 0.0107. The predicted molar refractivity (Wildman–Crippen MR) is 111 cm³/mol. The van der Waals surface area contributed by atoms with Crippen molar-refractivity contribution in [2.75, 3.05) is 13.1 Å². The number of nitrogens with one attached hydrogen (secondary N) is 1. The molecule has 0 aromatic heterocycles. The van der Waals surface area contributed by atoms with Gasteiger partial charge in [0.25, 0.3) is 5.91 Å². The number of likely N-dealkylation sites (tertiary alicyclic amines) is 1. The molecule has 0 spiro atoms. The maximum absolute atomic E-state index is 12.7. The fourth-order valence-electron chi connectivity index (χ4n) is 3.25. The van der Waals surface area contributed by atoms with Crippen molar-refractivity contribution in [3.63, 3.8) is 0 Å². The van der Waals surface area contributed by atoms with E-state index in [4.69, 9.17) is 11.6 Å². The molecule has 0 aliphatic carbocycles. The molecule has 27 heavy (non-hydrogen) atoms. The Bertz CT molecular complexity index is 839. The molecule has 0 saturated carbocycles. The molecule has 1 heterocycles. The van der Waals surface area contributed by atoms with Crippen LogP contribution in [0.25, 0.3) is 0 Å². The first-order valence-corrected chi connectivity index (χ1v) is 10.2. The van der Waals surface area contributed by atoms with Crippen molar-refractivity contribution in [2.24, 2.45) is 5.92 Å². The molecule has 2 aromatic carbocycles. The van der Waals surface area contributed by atoms with Crippen LogP contribution in [0.3, 0.4) is 0 Å². The van der Waals surface area contributed by atoms with Crippen LogP contribution >= 0.6 is 27.5 Å². The minimum atomic E-state index is -0.192. The molecule has 1 saturated heterocycles. The Morgan fingerprint density at radius 3 is 2.67 bits per heavy atom. The number of halogens is 2. The van der Waals surface area contributed by atoms with Gasteiger partial charge in [0.15, 0.2) is 0 Å². The number of piperidine rings is 1. The molecule has 4 nitrogen and oxygen atoms in total. The first kappa shape index (κ1) is 19.9. The van der Waals surface area contributed by atoms with Crippen molar-refractivity contribution in [2.45, 2.75) is 26.3 Å². The van der Waals surface area contributed by atoms with Crippen molar-refractivity contribution in [1.29, 1.82) is 0 Å². The summed E-state index contributed by atoms with van der Waals surface area (Å²) in [5.41, 5.74) is 2.66. The number of amides is 2. The van der Waals surface area contributed by atoms with Gasteiger partial charge in [0.2, 0.25) is 5.91 Å². The molecule has 3 rings (SSSR count). The van der Waals surface area contributed by atoms with Crippen molar-refractivity contribution in [3.8, 4) is 0 Å². The Balaban J connectivity index is 1.59. The van der Waals surface area contributed by atoms with Gasteiger partial charge in [-0.3, -0.25) is 9.59 Å². The van der Waals surface area contributed by atoms with Crippen molar-refractivity contribution >= 4 is 39.3 Å². The topological polar surface area (TPSA) is 49.4 Å². The number of carbonyl (C=O) groups is 2. The summed E-state index contributed by atoms with van der Waals surface area (Å²) in [5, 5.41) is 3.57. The molecular weight excluding hydrogens is 428 g/mol. The van der Waals surface area contributed by atoms with Crippen LogP contribution in [0.2, 0.25) is 5.02 Å². The molecule has 6 heteroatoms. The summed E-state index contributed by atoms with van der Waals surface area (Å²) in [7, 11) is 0. The van der Waals surface area contributed by atoms with Crippen molar-refractivity contribution < 1.29 is 9.59 Å². The van der Waals surface area contributed by atoms with E-state index in [0.29, 0.717) is 30.2 Å². The number of carbonyl (C=O) groups excluding carboxylic acids is 2.